The molecule has 0 radical (unpaired) electrons. The maximum atomic E-state index is 12.9. The summed E-state index contributed by atoms with van der Waals surface area (Å²) in [5, 5.41) is 0. The molecule has 2 aromatic carbocycles. The van der Waals surface area contributed by atoms with Crippen LogP contribution in [0.3, 0.4) is 0 Å². The maximum Gasteiger partial charge on any atom is 0.274 e. The second-order valence-electron chi connectivity index (χ2n) is 6.58. The van der Waals surface area contributed by atoms with Crippen molar-refractivity contribution < 1.29 is 8.42 Å². The number of aromatic nitrogens is 2. The molecule has 7 heteroatoms. The number of nitrogens with zero attached hydrogens (tertiary/aromatic N) is 2. The molecular weight excluding hydrogens is 362 g/mol. The van der Waals surface area contributed by atoms with E-state index < -0.39 is 16.1 Å². The van der Waals surface area contributed by atoms with E-state index in [9.17, 15) is 13.2 Å². The van der Waals surface area contributed by atoms with Gasteiger partial charge in [0, 0.05) is 7.05 Å². The van der Waals surface area contributed by atoms with Gasteiger partial charge in [0.2, 0.25) is 10.0 Å². The van der Waals surface area contributed by atoms with Gasteiger partial charge in [-0.3, -0.25) is 4.79 Å². The first kappa shape index (κ1) is 19.3. The van der Waals surface area contributed by atoms with Gasteiger partial charge in [-0.2, -0.15) is 0 Å². The predicted octanol–water partition coefficient (Wildman–Crippen LogP) is 3.06. The van der Waals surface area contributed by atoms with Gasteiger partial charge in [0.25, 0.3) is 5.56 Å². The Morgan fingerprint density at radius 3 is 2.48 bits per heavy atom. The molecule has 1 heterocycles. The van der Waals surface area contributed by atoms with Crippen molar-refractivity contribution in [3.05, 3.63) is 70.1 Å². The standard InChI is InChI=1S/C20H23N3O3S/c1-4-9-16(22-27(25,26)18-13-8-5-10-14(18)2)19-20(24)23(3)17-12-7-6-11-15(17)21-19/h5-8,10-13,16,22H,4,9H2,1-3H3. The first-order valence-corrected chi connectivity index (χ1v) is 10.4. The minimum Gasteiger partial charge on any atom is -0.308 e. The third kappa shape index (κ3) is 3.79. The van der Waals surface area contributed by atoms with Gasteiger partial charge < -0.3 is 4.57 Å². The molecule has 0 amide bonds. The van der Waals surface area contributed by atoms with Crippen molar-refractivity contribution >= 4 is 21.1 Å². The molecule has 0 spiro atoms. The molecule has 0 aliphatic carbocycles. The van der Waals surface area contributed by atoms with Gasteiger partial charge in [0.1, 0.15) is 5.69 Å². The third-order valence-electron chi connectivity index (χ3n) is 4.60. The number of benzene rings is 2. The summed E-state index contributed by atoms with van der Waals surface area (Å²) in [4.78, 5) is 17.6. The highest BCUT2D eigenvalue weighted by atomic mass is 32.2. The van der Waals surface area contributed by atoms with Crippen LogP contribution in [0.4, 0.5) is 0 Å². The lowest BCUT2D eigenvalue weighted by Gasteiger charge is -2.19. The van der Waals surface area contributed by atoms with Crippen molar-refractivity contribution in [3.8, 4) is 0 Å². The summed E-state index contributed by atoms with van der Waals surface area (Å²) in [6.45, 7) is 3.69. The lowest BCUT2D eigenvalue weighted by Crippen LogP contribution is -2.35. The average molecular weight is 385 g/mol. The van der Waals surface area contributed by atoms with Crippen LogP contribution in [0.15, 0.2) is 58.2 Å². The van der Waals surface area contributed by atoms with Crippen LogP contribution in [0.2, 0.25) is 0 Å². The van der Waals surface area contributed by atoms with Gasteiger partial charge in [-0.25, -0.2) is 18.1 Å². The van der Waals surface area contributed by atoms with Crippen molar-refractivity contribution in [2.75, 3.05) is 0 Å². The Bertz CT molecular complexity index is 1140. The summed E-state index contributed by atoms with van der Waals surface area (Å²) in [6, 6.07) is 13.4. The lowest BCUT2D eigenvalue weighted by molar-refractivity contribution is 0.524. The molecule has 0 aliphatic heterocycles. The van der Waals surface area contributed by atoms with Gasteiger partial charge in [-0.05, 0) is 37.1 Å². The Hall–Kier alpha value is -2.51. The maximum absolute atomic E-state index is 12.9. The number of nitrogens with one attached hydrogen (secondary N) is 1. The van der Waals surface area contributed by atoms with Gasteiger partial charge in [-0.1, -0.05) is 43.7 Å². The second-order valence-corrected chi connectivity index (χ2v) is 8.26. The number of rotatable bonds is 6. The molecule has 0 fully saturated rings. The predicted molar refractivity (Wildman–Crippen MR) is 106 cm³/mol. The monoisotopic (exact) mass is 385 g/mol. The van der Waals surface area contributed by atoms with Crippen molar-refractivity contribution in [2.45, 2.75) is 37.6 Å². The van der Waals surface area contributed by atoms with E-state index in [4.69, 9.17) is 0 Å². The molecule has 0 saturated heterocycles. The summed E-state index contributed by atoms with van der Waals surface area (Å²) >= 11 is 0. The smallest absolute Gasteiger partial charge is 0.274 e. The summed E-state index contributed by atoms with van der Waals surface area (Å²) in [6.07, 6.45) is 1.18. The molecule has 6 nitrogen and oxygen atoms in total. The largest absolute Gasteiger partial charge is 0.308 e. The van der Waals surface area contributed by atoms with Crippen LogP contribution in [-0.2, 0) is 17.1 Å². The van der Waals surface area contributed by atoms with Gasteiger partial charge >= 0.3 is 0 Å². The zero-order valence-electron chi connectivity index (χ0n) is 15.6. The number of hydrogen-bond acceptors (Lipinski definition) is 4. The lowest BCUT2D eigenvalue weighted by atomic mass is 10.1. The molecule has 1 atom stereocenters. The van der Waals surface area contributed by atoms with E-state index in [1.807, 2.05) is 31.2 Å². The second kappa shape index (κ2) is 7.62. The minimum absolute atomic E-state index is 0.212. The number of sulfonamides is 1. The van der Waals surface area contributed by atoms with Crippen molar-refractivity contribution in [1.29, 1.82) is 0 Å². The topological polar surface area (TPSA) is 81.1 Å². The van der Waals surface area contributed by atoms with Crippen molar-refractivity contribution in [3.63, 3.8) is 0 Å². The molecule has 142 valence electrons. The van der Waals surface area contributed by atoms with E-state index in [1.54, 1.807) is 38.2 Å². The number of hydrogen-bond donors (Lipinski definition) is 1. The molecule has 0 saturated carbocycles. The fourth-order valence-corrected chi connectivity index (χ4v) is 4.66. The Morgan fingerprint density at radius 2 is 1.78 bits per heavy atom. The van der Waals surface area contributed by atoms with Crippen LogP contribution < -0.4 is 10.3 Å². The Kier molecular flexibility index (Phi) is 5.43. The van der Waals surface area contributed by atoms with E-state index in [0.29, 0.717) is 29.4 Å². The number of aryl methyl sites for hydroxylation is 2. The zero-order valence-corrected chi connectivity index (χ0v) is 16.5. The molecule has 0 bridgehead atoms. The fraction of sp³-hybridized carbons (Fsp3) is 0.300. The van der Waals surface area contributed by atoms with Crippen molar-refractivity contribution in [1.82, 2.24) is 14.3 Å². The Morgan fingerprint density at radius 1 is 1.11 bits per heavy atom. The molecule has 3 aromatic rings. The first-order chi connectivity index (χ1) is 12.8. The Balaban J connectivity index is 2.09. The summed E-state index contributed by atoms with van der Waals surface area (Å²) in [7, 11) is -2.11. The molecule has 1 N–H and O–H groups in total. The van der Waals surface area contributed by atoms with Crippen molar-refractivity contribution in [2.24, 2.45) is 7.05 Å². The SMILES string of the molecule is CCCC(NS(=O)(=O)c1ccccc1C)c1nc2ccccc2n(C)c1=O. The molecule has 1 aromatic heterocycles. The molecular formula is C20H23N3O3S. The van der Waals surface area contributed by atoms with Crippen LogP contribution in [0.1, 0.15) is 37.1 Å². The normalized spacial score (nSPS) is 13.0. The van der Waals surface area contributed by atoms with Crippen LogP contribution in [0.5, 0.6) is 0 Å². The highest BCUT2D eigenvalue weighted by Crippen LogP contribution is 2.21. The van der Waals surface area contributed by atoms with Crippen LogP contribution in [0, 0.1) is 6.92 Å². The van der Waals surface area contributed by atoms with Crippen LogP contribution >= 0.6 is 0 Å². The number of fused-ring (bicyclic) bond motifs is 1. The van der Waals surface area contributed by atoms with Gasteiger partial charge in [0.05, 0.1) is 22.0 Å². The zero-order chi connectivity index (χ0) is 19.6. The fourth-order valence-electron chi connectivity index (χ4n) is 3.18. The highest BCUT2D eigenvalue weighted by molar-refractivity contribution is 7.89. The minimum atomic E-state index is -3.78. The number of para-hydroxylation sites is 2. The molecule has 27 heavy (non-hydrogen) atoms. The molecule has 3 rings (SSSR count). The van der Waals surface area contributed by atoms with Crippen LogP contribution in [0.25, 0.3) is 11.0 Å². The van der Waals surface area contributed by atoms with E-state index in [-0.39, 0.29) is 16.1 Å². The quantitative estimate of drug-likeness (QED) is 0.707. The van der Waals surface area contributed by atoms with E-state index in [1.165, 1.54) is 4.57 Å². The highest BCUT2D eigenvalue weighted by Gasteiger charge is 2.26. The Labute approximate surface area is 158 Å². The summed E-state index contributed by atoms with van der Waals surface area (Å²) in [5.41, 5.74) is 1.95. The molecule has 1 unspecified atom stereocenters. The van der Waals surface area contributed by atoms with Gasteiger partial charge in [-0.15, -0.1) is 0 Å². The first-order valence-electron chi connectivity index (χ1n) is 8.88. The summed E-state index contributed by atoms with van der Waals surface area (Å²) in [5.74, 6) is 0. The van der Waals surface area contributed by atoms with E-state index in [0.717, 1.165) is 0 Å². The molecule has 0 aliphatic rings. The van der Waals surface area contributed by atoms with E-state index in [2.05, 4.69) is 9.71 Å². The summed E-state index contributed by atoms with van der Waals surface area (Å²) < 4.78 is 30.1. The average Bonchev–Trinajstić information content (AvgIpc) is 2.64. The van der Waals surface area contributed by atoms with Crippen LogP contribution in [-0.4, -0.2) is 18.0 Å². The van der Waals surface area contributed by atoms with Gasteiger partial charge in [0.15, 0.2) is 0 Å². The van der Waals surface area contributed by atoms with E-state index >= 15 is 0 Å². The third-order valence-corrected chi connectivity index (χ3v) is 6.23.